The van der Waals surface area contributed by atoms with Crippen molar-refractivity contribution in [3.05, 3.63) is 0 Å². The number of nitrogens with zero attached hydrogens (tertiary/aromatic N) is 1. The highest BCUT2D eigenvalue weighted by Crippen LogP contribution is 2.43. The fraction of sp³-hybridized carbons (Fsp3) is 0.875. The molecular weight excluding hydrogens is 254 g/mol. The van der Waals surface area contributed by atoms with E-state index in [1.165, 1.54) is 19.3 Å². The molecule has 2 atom stereocenters. The van der Waals surface area contributed by atoms with Crippen LogP contribution in [0.1, 0.15) is 64.2 Å². The Bertz CT molecular complexity index is 401. The average molecular weight is 279 g/mol. The van der Waals surface area contributed by atoms with E-state index in [9.17, 15) is 14.7 Å². The van der Waals surface area contributed by atoms with Gasteiger partial charge in [0.15, 0.2) is 0 Å². The summed E-state index contributed by atoms with van der Waals surface area (Å²) < 4.78 is 0. The number of rotatable bonds is 3. The Morgan fingerprint density at radius 2 is 1.75 bits per heavy atom. The first-order chi connectivity index (χ1) is 9.62. The number of carboxylic acid groups (broad SMARTS) is 1. The molecule has 0 bridgehead atoms. The van der Waals surface area contributed by atoms with Gasteiger partial charge < -0.3 is 10.0 Å². The van der Waals surface area contributed by atoms with Gasteiger partial charge in [-0.1, -0.05) is 19.3 Å². The van der Waals surface area contributed by atoms with Crippen LogP contribution in [0.5, 0.6) is 0 Å². The predicted octanol–water partition coefficient (Wildman–Crippen LogP) is 2.81. The average Bonchev–Trinajstić information content (AvgIpc) is 3.06. The summed E-state index contributed by atoms with van der Waals surface area (Å²) in [5, 5.41) is 9.53. The van der Waals surface area contributed by atoms with Gasteiger partial charge in [-0.2, -0.15) is 0 Å². The van der Waals surface area contributed by atoms with Crippen LogP contribution in [0.25, 0.3) is 0 Å². The smallest absolute Gasteiger partial charge is 0.310 e. The normalized spacial score (nSPS) is 32.1. The number of piperidine rings is 1. The molecule has 0 spiro atoms. The monoisotopic (exact) mass is 279 g/mol. The molecule has 3 rings (SSSR count). The van der Waals surface area contributed by atoms with Gasteiger partial charge in [0.25, 0.3) is 0 Å². The Labute approximate surface area is 120 Å². The maximum absolute atomic E-state index is 12.7. The molecule has 1 saturated heterocycles. The van der Waals surface area contributed by atoms with E-state index in [2.05, 4.69) is 0 Å². The molecule has 0 aromatic rings. The Balaban J connectivity index is 1.70. The van der Waals surface area contributed by atoms with E-state index in [4.69, 9.17) is 0 Å². The summed E-state index contributed by atoms with van der Waals surface area (Å²) >= 11 is 0. The van der Waals surface area contributed by atoms with E-state index in [0.717, 1.165) is 32.2 Å². The number of hydrogen-bond acceptors (Lipinski definition) is 2. The predicted molar refractivity (Wildman–Crippen MR) is 75.2 cm³/mol. The number of carbonyl (C=O) groups is 2. The molecule has 2 aliphatic carbocycles. The van der Waals surface area contributed by atoms with Crippen molar-refractivity contribution in [2.24, 2.45) is 11.3 Å². The molecule has 2 unspecified atom stereocenters. The molecule has 2 saturated carbocycles. The highest BCUT2D eigenvalue weighted by atomic mass is 16.4. The molecule has 0 aromatic heterocycles. The van der Waals surface area contributed by atoms with Crippen molar-refractivity contribution in [3.63, 3.8) is 0 Å². The highest BCUT2D eigenvalue weighted by molar-refractivity contribution is 5.85. The van der Waals surface area contributed by atoms with Crippen molar-refractivity contribution in [1.82, 2.24) is 4.90 Å². The van der Waals surface area contributed by atoms with Crippen molar-refractivity contribution in [1.29, 1.82) is 0 Å². The van der Waals surface area contributed by atoms with Crippen LogP contribution >= 0.6 is 0 Å². The van der Waals surface area contributed by atoms with E-state index in [-0.39, 0.29) is 12.3 Å². The first kappa shape index (κ1) is 13.9. The van der Waals surface area contributed by atoms with E-state index in [1.807, 2.05) is 4.90 Å². The molecule has 3 fully saturated rings. The van der Waals surface area contributed by atoms with Crippen molar-refractivity contribution < 1.29 is 14.7 Å². The lowest BCUT2D eigenvalue weighted by Crippen LogP contribution is -2.48. The third-order valence-corrected chi connectivity index (χ3v) is 5.82. The van der Waals surface area contributed by atoms with Crippen LogP contribution in [0.15, 0.2) is 0 Å². The molecule has 0 radical (unpaired) electrons. The number of carbonyl (C=O) groups excluding carboxylic acids is 1. The summed E-state index contributed by atoms with van der Waals surface area (Å²) in [6, 6.07) is 0.406. The first-order valence-corrected chi connectivity index (χ1v) is 8.15. The minimum absolute atomic E-state index is 0.103. The van der Waals surface area contributed by atoms with Crippen LogP contribution in [-0.2, 0) is 9.59 Å². The van der Waals surface area contributed by atoms with Crippen molar-refractivity contribution in [3.8, 4) is 0 Å². The van der Waals surface area contributed by atoms with Crippen LogP contribution in [0.3, 0.4) is 0 Å². The van der Waals surface area contributed by atoms with Gasteiger partial charge in [0, 0.05) is 19.0 Å². The standard InChI is InChI=1S/C16H25NO3/c18-14(11-16(15(19)20)8-1-2-9-16)17-10-4-6-12-5-3-7-13(12)17/h12-13H,1-11H2,(H,19,20). The van der Waals surface area contributed by atoms with Gasteiger partial charge in [-0.25, -0.2) is 0 Å². The summed E-state index contributed by atoms with van der Waals surface area (Å²) in [5.41, 5.74) is -0.761. The molecule has 0 aromatic carbocycles. The Morgan fingerprint density at radius 1 is 1.05 bits per heavy atom. The van der Waals surface area contributed by atoms with Gasteiger partial charge in [-0.15, -0.1) is 0 Å². The molecule has 1 amide bonds. The Hall–Kier alpha value is -1.06. The topological polar surface area (TPSA) is 57.6 Å². The zero-order valence-electron chi connectivity index (χ0n) is 12.1. The third-order valence-electron chi connectivity index (χ3n) is 5.82. The molecule has 112 valence electrons. The summed E-state index contributed by atoms with van der Waals surface area (Å²) in [5.74, 6) is 0.0197. The summed E-state index contributed by atoms with van der Waals surface area (Å²) in [7, 11) is 0. The largest absolute Gasteiger partial charge is 0.481 e. The third kappa shape index (κ3) is 2.33. The second-order valence-corrected chi connectivity index (χ2v) is 6.96. The van der Waals surface area contributed by atoms with E-state index < -0.39 is 11.4 Å². The van der Waals surface area contributed by atoms with Crippen molar-refractivity contribution in [2.75, 3.05) is 6.54 Å². The second-order valence-electron chi connectivity index (χ2n) is 6.96. The van der Waals surface area contributed by atoms with Gasteiger partial charge >= 0.3 is 5.97 Å². The van der Waals surface area contributed by atoms with E-state index in [1.54, 1.807) is 0 Å². The minimum atomic E-state index is -0.761. The van der Waals surface area contributed by atoms with Crippen molar-refractivity contribution >= 4 is 11.9 Å². The van der Waals surface area contributed by atoms with Crippen LogP contribution in [0, 0.1) is 11.3 Å². The Kier molecular flexibility index (Phi) is 3.74. The molecule has 1 aliphatic heterocycles. The van der Waals surface area contributed by atoms with Crippen LogP contribution < -0.4 is 0 Å². The molecule has 3 aliphatic rings. The number of amides is 1. The van der Waals surface area contributed by atoms with Gasteiger partial charge in [-0.3, -0.25) is 9.59 Å². The zero-order valence-corrected chi connectivity index (χ0v) is 12.1. The lowest BCUT2D eigenvalue weighted by molar-refractivity contribution is -0.154. The quantitative estimate of drug-likeness (QED) is 0.864. The lowest BCUT2D eigenvalue weighted by Gasteiger charge is -2.39. The maximum atomic E-state index is 12.7. The van der Waals surface area contributed by atoms with Crippen LogP contribution in [-0.4, -0.2) is 34.5 Å². The van der Waals surface area contributed by atoms with Crippen molar-refractivity contribution in [2.45, 2.75) is 70.3 Å². The van der Waals surface area contributed by atoms with Crippen LogP contribution in [0.2, 0.25) is 0 Å². The maximum Gasteiger partial charge on any atom is 0.310 e. The summed E-state index contributed by atoms with van der Waals surface area (Å²) in [6.07, 6.45) is 9.42. The molecule has 1 heterocycles. The molecule has 4 nitrogen and oxygen atoms in total. The lowest BCUT2D eigenvalue weighted by atomic mass is 9.81. The molecule has 4 heteroatoms. The minimum Gasteiger partial charge on any atom is -0.481 e. The van der Waals surface area contributed by atoms with Gasteiger partial charge in [0.1, 0.15) is 0 Å². The fourth-order valence-electron chi connectivity index (χ4n) is 4.67. The van der Waals surface area contributed by atoms with Gasteiger partial charge in [0.2, 0.25) is 5.91 Å². The number of aliphatic carboxylic acids is 1. The Morgan fingerprint density at radius 3 is 2.45 bits per heavy atom. The SMILES string of the molecule is O=C(CC1(C(=O)O)CCCC1)N1CCCC2CCCC21. The van der Waals surface area contributed by atoms with E-state index >= 15 is 0 Å². The second kappa shape index (κ2) is 5.38. The highest BCUT2D eigenvalue weighted by Gasteiger charge is 2.45. The van der Waals surface area contributed by atoms with E-state index in [0.29, 0.717) is 24.8 Å². The first-order valence-electron chi connectivity index (χ1n) is 8.15. The molecular formula is C16H25NO3. The molecule has 1 N–H and O–H groups in total. The van der Waals surface area contributed by atoms with Gasteiger partial charge in [-0.05, 0) is 44.4 Å². The molecule has 20 heavy (non-hydrogen) atoms. The zero-order chi connectivity index (χ0) is 14.2. The fourth-order valence-corrected chi connectivity index (χ4v) is 4.67. The number of carboxylic acids is 1. The van der Waals surface area contributed by atoms with Gasteiger partial charge in [0.05, 0.1) is 5.41 Å². The number of hydrogen-bond donors (Lipinski definition) is 1. The number of likely N-dealkylation sites (tertiary alicyclic amines) is 1. The summed E-state index contributed by atoms with van der Waals surface area (Å²) in [4.78, 5) is 26.3. The number of fused-ring (bicyclic) bond motifs is 1. The summed E-state index contributed by atoms with van der Waals surface area (Å²) in [6.45, 7) is 0.843. The van der Waals surface area contributed by atoms with Crippen LogP contribution in [0.4, 0.5) is 0 Å².